The normalized spacial score (nSPS) is 12.8. The quantitative estimate of drug-likeness (QED) is 0.474. The summed E-state index contributed by atoms with van der Waals surface area (Å²) in [6.45, 7) is 9.61. The molecule has 1 aromatic carbocycles. The van der Waals surface area contributed by atoms with Crippen molar-refractivity contribution in [2.24, 2.45) is 12.0 Å². The predicted molar refractivity (Wildman–Crippen MR) is 116 cm³/mol. The molecule has 3 rings (SSSR count). The summed E-state index contributed by atoms with van der Waals surface area (Å²) in [5.74, 6) is 1.38. The fourth-order valence-electron chi connectivity index (χ4n) is 3.28. The monoisotopic (exact) mass is 394 g/mol. The topological polar surface area (TPSA) is 80.3 Å². The summed E-state index contributed by atoms with van der Waals surface area (Å²) < 4.78 is 7.54. The number of aromatic nitrogens is 3. The van der Waals surface area contributed by atoms with E-state index in [1.165, 1.54) is 11.3 Å². The average Bonchev–Trinajstić information content (AvgIpc) is 3.27. The van der Waals surface area contributed by atoms with E-state index in [0.29, 0.717) is 12.4 Å². The summed E-state index contributed by atoms with van der Waals surface area (Å²) in [6.07, 6.45) is 2.55. The van der Waals surface area contributed by atoms with Crippen molar-refractivity contribution in [2.45, 2.75) is 46.7 Å². The standard InChI is InChI=1S/C22H30N6O/c1-6-23-22(25-15(2)12-20-16(3)27-28(5)17(20)4)24-13-19-14-29-21(26-19)18-10-8-7-9-11-18/h7-11,14-15H,6,12-13H2,1-5H3,(H2,23,24,25). The highest BCUT2D eigenvalue weighted by Gasteiger charge is 2.14. The smallest absolute Gasteiger partial charge is 0.226 e. The van der Waals surface area contributed by atoms with Crippen LogP contribution in [0.2, 0.25) is 0 Å². The van der Waals surface area contributed by atoms with E-state index in [0.717, 1.165) is 35.9 Å². The van der Waals surface area contributed by atoms with Gasteiger partial charge in [0.25, 0.3) is 0 Å². The molecule has 0 fully saturated rings. The van der Waals surface area contributed by atoms with Crippen molar-refractivity contribution in [1.29, 1.82) is 0 Å². The van der Waals surface area contributed by atoms with Gasteiger partial charge < -0.3 is 15.1 Å². The number of aryl methyl sites for hydroxylation is 2. The molecule has 0 saturated heterocycles. The molecule has 0 amide bonds. The highest BCUT2D eigenvalue weighted by atomic mass is 16.3. The molecule has 0 aliphatic heterocycles. The van der Waals surface area contributed by atoms with Crippen LogP contribution in [0, 0.1) is 13.8 Å². The van der Waals surface area contributed by atoms with Crippen LogP contribution in [0.5, 0.6) is 0 Å². The third-order valence-electron chi connectivity index (χ3n) is 4.87. The van der Waals surface area contributed by atoms with E-state index < -0.39 is 0 Å². The molecule has 2 N–H and O–H groups in total. The van der Waals surface area contributed by atoms with Gasteiger partial charge >= 0.3 is 0 Å². The lowest BCUT2D eigenvalue weighted by Gasteiger charge is -2.18. The van der Waals surface area contributed by atoms with Gasteiger partial charge in [-0.2, -0.15) is 5.10 Å². The second kappa shape index (κ2) is 9.41. The molecule has 0 radical (unpaired) electrons. The van der Waals surface area contributed by atoms with Crippen LogP contribution >= 0.6 is 0 Å². The van der Waals surface area contributed by atoms with Gasteiger partial charge in [0.15, 0.2) is 5.96 Å². The van der Waals surface area contributed by atoms with Gasteiger partial charge in [-0.05, 0) is 51.8 Å². The molecule has 154 valence electrons. The Labute approximate surface area is 172 Å². The molecule has 1 unspecified atom stereocenters. The molecule has 2 heterocycles. The van der Waals surface area contributed by atoms with Crippen LogP contribution in [0.3, 0.4) is 0 Å². The Morgan fingerprint density at radius 2 is 2.00 bits per heavy atom. The first-order valence-corrected chi connectivity index (χ1v) is 10.0. The highest BCUT2D eigenvalue weighted by Crippen LogP contribution is 2.18. The van der Waals surface area contributed by atoms with Gasteiger partial charge in [-0.3, -0.25) is 4.68 Å². The lowest BCUT2D eigenvalue weighted by atomic mass is 10.1. The number of hydrogen-bond donors (Lipinski definition) is 2. The van der Waals surface area contributed by atoms with Crippen LogP contribution in [-0.4, -0.2) is 33.3 Å². The number of rotatable bonds is 7. The van der Waals surface area contributed by atoms with Crippen molar-refractivity contribution in [2.75, 3.05) is 6.54 Å². The van der Waals surface area contributed by atoms with Gasteiger partial charge in [0.2, 0.25) is 5.89 Å². The summed E-state index contributed by atoms with van der Waals surface area (Å²) in [5.41, 5.74) is 5.33. The van der Waals surface area contributed by atoms with E-state index in [2.05, 4.69) is 53.4 Å². The van der Waals surface area contributed by atoms with Crippen LogP contribution in [0.1, 0.15) is 36.5 Å². The maximum Gasteiger partial charge on any atom is 0.226 e. The summed E-state index contributed by atoms with van der Waals surface area (Å²) in [5, 5.41) is 11.3. The Kier molecular flexibility index (Phi) is 6.69. The minimum absolute atomic E-state index is 0.214. The van der Waals surface area contributed by atoms with Gasteiger partial charge in [-0.15, -0.1) is 0 Å². The lowest BCUT2D eigenvalue weighted by Crippen LogP contribution is -2.43. The molecule has 7 nitrogen and oxygen atoms in total. The van der Waals surface area contributed by atoms with E-state index in [4.69, 9.17) is 4.42 Å². The van der Waals surface area contributed by atoms with E-state index in [9.17, 15) is 0 Å². The Morgan fingerprint density at radius 3 is 2.66 bits per heavy atom. The van der Waals surface area contributed by atoms with Gasteiger partial charge in [0.05, 0.1) is 12.2 Å². The number of benzene rings is 1. The van der Waals surface area contributed by atoms with Crippen molar-refractivity contribution in [3.63, 3.8) is 0 Å². The molecule has 3 aromatic rings. The summed E-state index contributed by atoms with van der Waals surface area (Å²) >= 11 is 0. The molecule has 1 atom stereocenters. The van der Waals surface area contributed by atoms with E-state index in [1.54, 1.807) is 6.26 Å². The fraction of sp³-hybridized carbons (Fsp3) is 0.409. The Hall–Kier alpha value is -3.09. The first-order chi connectivity index (χ1) is 14.0. The molecule has 29 heavy (non-hydrogen) atoms. The largest absolute Gasteiger partial charge is 0.444 e. The Bertz CT molecular complexity index is 957. The zero-order valence-electron chi connectivity index (χ0n) is 17.9. The van der Waals surface area contributed by atoms with Crippen molar-refractivity contribution >= 4 is 5.96 Å². The molecular formula is C22H30N6O. The minimum atomic E-state index is 0.214. The van der Waals surface area contributed by atoms with Crippen LogP contribution in [0.4, 0.5) is 0 Å². The number of hydrogen-bond acceptors (Lipinski definition) is 4. The number of nitrogens with one attached hydrogen (secondary N) is 2. The molecule has 0 bridgehead atoms. The molecule has 0 saturated carbocycles. The van der Waals surface area contributed by atoms with Crippen molar-refractivity contribution < 1.29 is 4.42 Å². The van der Waals surface area contributed by atoms with Gasteiger partial charge in [0, 0.05) is 30.9 Å². The number of oxazole rings is 1. The molecule has 0 aliphatic rings. The number of nitrogens with zero attached hydrogens (tertiary/aromatic N) is 4. The molecular weight excluding hydrogens is 364 g/mol. The van der Waals surface area contributed by atoms with E-state index in [1.807, 2.05) is 42.1 Å². The first-order valence-electron chi connectivity index (χ1n) is 10.0. The summed E-state index contributed by atoms with van der Waals surface area (Å²) in [7, 11) is 1.98. The predicted octanol–water partition coefficient (Wildman–Crippen LogP) is 3.38. The second-order valence-corrected chi connectivity index (χ2v) is 7.23. The molecule has 7 heteroatoms. The van der Waals surface area contributed by atoms with Crippen LogP contribution < -0.4 is 10.6 Å². The highest BCUT2D eigenvalue weighted by molar-refractivity contribution is 5.80. The van der Waals surface area contributed by atoms with Gasteiger partial charge in [-0.25, -0.2) is 9.98 Å². The minimum Gasteiger partial charge on any atom is -0.444 e. The maximum absolute atomic E-state index is 5.60. The maximum atomic E-state index is 5.60. The zero-order valence-corrected chi connectivity index (χ0v) is 17.9. The lowest BCUT2D eigenvalue weighted by molar-refractivity contribution is 0.572. The first kappa shape index (κ1) is 20.6. The van der Waals surface area contributed by atoms with Crippen molar-refractivity contribution in [1.82, 2.24) is 25.4 Å². The number of guanidine groups is 1. The van der Waals surface area contributed by atoms with E-state index >= 15 is 0 Å². The van der Waals surface area contributed by atoms with Gasteiger partial charge in [0.1, 0.15) is 12.0 Å². The SMILES string of the molecule is CCNC(=NCc1coc(-c2ccccc2)n1)NC(C)Cc1c(C)nn(C)c1C. The van der Waals surface area contributed by atoms with Gasteiger partial charge in [-0.1, -0.05) is 18.2 Å². The summed E-state index contributed by atoms with van der Waals surface area (Å²) in [6, 6.07) is 10.1. The van der Waals surface area contributed by atoms with E-state index in [-0.39, 0.29) is 6.04 Å². The summed E-state index contributed by atoms with van der Waals surface area (Å²) in [4.78, 5) is 9.22. The Balaban J connectivity index is 1.64. The Morgan fingerprint density at radius 1 is 1.24 bits per heavy atom. The third kappa shape index (κ3) is 5.25. The van der Waals surface area contributed by atoms with Crippen LogP contribution in [0.15, 0.2) is 46.0 Å². The number of aliphatic imine (C=N–C) groups is 1. The van der Waals surface area contributed by atoms with Crippen LogP contribution in [0.25, 0.3) is 11.5 Å². The average molecular weight is 395 g/mol. The van der Waals surface area contributed by atoms with Crippen molar-refractivity contribution in [3.8, 4) is 11.5 Å². The molecule has 0 aliphatic carbocycles. The fourth-order valence-corrected chi connectivity index (χ4v) is 3.28. The second-order valence-electron chi connectivity index (χ2n) is 7.23. The zero-order chi connectivity index (χ0) is 20.8. The molecule has 2 aromatic heterocycles. The molecule has 0 spiro atoms. The third-order valence-corrected chi connectivity index (χ3v) is 4.87. The van der Waals surface area contributed by atoms with Crippen LogP contribution in [-0.2, 0) is 20.0 Å². The van der Waals surface area contributed by atoms with Crippen molar-refractivity contribution in [3.05, 3.63) is 59.2 Å².